The Bertz CT molecular complexity index is 659. The highest BCUT2D eigenvalue weighted by Crippen LogP contribution is 2.28. The number of benzene rings is 1. The summed E-state index contributed by atoms with van der Waals surface area (Å²) in [6, 6.07) is 9.34. The Labute approximate surface area is 117 Å². The standard InChI is InChI=1S/C13H10F3N3O2/c14-13(15,16)11-5-2-6-12(18-11)17-8-9-3-1-4-10(7-9)19(20)21/h1-7H,8H2,(H,17,18). The number of nitro benzene ring substituents is 1. The lowest BCUT2D eigenvalue weighted by Gasteiger charge is -2.09. The highest BCUT2D eigenvalue weighted by Gasteiger charge is 2.32. The molecule has 8 heteroatoms. The number of hydrogen-bond acceptors (Lipinski definition) is 4. The predicted molar refractivity (Wildman–Crippen MR) is 69.7 cm³/mol. The highest BCUT2D eigenvalue weighted by molar-refractivity contribution is 5.39. The van der Waals surface area contributed by atoms with E-state index in [-0.39, 0.29) is 18.1 Å². The molecule has 2 aromatic rings. The lowest BCUT2D eigenvalue weighted by Crippen LogP contribution is -2.10. The average molecular weight is 297 g/mol. The van der Waals surface area contributed by atoms with Crippen molar-refractivity contribution in [2.24, 2.45) is 0 Å². The van der Waals surface area contributed by atoms with Crippen LogP contribution in [0.25, 0.3) is 0 Å². The van der Waals surface area contributed by atoms with Crippen molar-refractivity contribution in [3.8, 4) is 0 Å². The van der Waals surface area contributed by atoms with Gasteiger partial charge in [-0.25, -0.2) is 4.98 Å². The topological polar surface area (TPSA) is 68.1 Å². The summed E-state index contributed by atoms with van der Waals surface area (Å²) < 4.78 is 37.5. The van der Waals surface area contributed by atoms with Crippen molar-refractivity contribution in [3.05, 3.63) is 63.8 Å². The number of alkyl halides is 3. The minimum absolute atomic E-state index is 0.0522. The average Bonchev–Trinajstić information content (AvgIpc) is 2.45. The summed E-state index contributed by atoms with van der Waals surface area (Å²) in [5.41, 5.74) is -0.499. The zero-order valence-corrected chi connectivity index (χ0v) is 10.6. The first kappa shape index (κ1) is 14.8. The van der Waals surface area contributed by atoms with Gasteiger partial charge in [-0.3, -0.25) is 10.1 Å². The second-order valence-electron chi connectivity index (χ2n) is 4.19. The monoisotopic (exact) mass is 297 g/mol. The van der Waals surface area contributed by atoms with Crippen LogP contribution in [-0.2, 0) is 12.7 Å². The molecule has 5 nitrogen and oxygen atoms in total. The van der Waals surface area contributed by atoms with Crippen LogP contribution in [0, 0.1) is 10.1 Å². The number of anilines is 1. The van der Waals surface area contributed by atoms with Gasteiger partial charge in [0.05, 0.1) is 4.92 Å². The summed E-state index contributed by atoms with van der Waals surface area (Å²) in [6.45, 7) is 0.135. The van der Waals surface area contributed by atoms with Crippen molar-refractivity contribution >= 4 is 11.5 Å². The second-order valence-corrected chi connectivity index (χ2v) is 4.19. The first-order valence-corrected chi connectivity index (χ1v) is 5.88. The smallest absolute Gasteiger partial charge is 0.366 e. The number of pyridine rings is 1. The lowest BCUT2D eigenvalue weighted by molar-refractivity contribution is -0.384. The van der Waals surface area contributed by atoms with Crippen LogP contribution < -0.4 is 5.32 Å². The van der Waals surface area contributed by atoms with E-state index in [1.165, 1.54) is 30.3 Å². The quantitative estimate of drug-likeness (QED) is 0.691. The van der Waals surface area contributed by atoms with Gasteiger partial charge in [0, 0.05) is 18.7 Å². The largest absolute Gasteiger partial charge is 0.433 e. The normalized spacial score (nSPS) is 11.2. The van der Waals surface area contributed by atoms with Crippen LogP contribution in [0.4, 0.5) is 24.7 Å². The van der Waals surface area contributed by atoms with Crippen molar-refractivity contribution in [2.75, 3.05) is 5.32 Å². The fraction of sp³-hybridized carbons (Fsp3) is 0.154. The maximum atomic E-state index is 12.5. The molecule has 0 bridgehead atoms. The van der Waals surface area contributed by atoms with Crippen LogP contribution in [0.15, 0.2) is 42.5 Å². The van der Waals surface area contributed by atoms with E-state index >= 15 is 0 Å². The van der Waals surface area contributed by atoms with E-state index in [2.05, 4.69) is 10.3 Å². The van der Waals surface area contributed by atoms with Crippen LogP contribution in [0.1, 0.15) is 11.3 Å². The molecule has 21 heavy (non-hydrogen) atoms. The summed E-state index contributed by atoms with van der Waals surface area (Å²) in [6.07, 6.45) is -4.51. The van der Waals surface area contributed by atoms with Gasteiger partial charge in [-0.15, -0.1) is 0 Å². The Hall–Kier alpha value is -2.64. The van der Waals surface area contributed by atoms with Crippen molar-refractivity contribution in [1.82, 2.24) is 4.98 Å². The molecule has 0 spiro atoms. The Balaban J connectivity index is 2.10. The number of aromatic nitrogens is 1. The molecule has 2 rings (SSSR count). The number of nitro groups is 1. The fourth-order valence-corrected chi connectivity index (χ4v) is 1.66. The van der Waals surface area contributed by atoms with Crippen molar-refractivity contribution in [1.29, 1.82) is 0 Å². The van der Waals surface area contributed by atoms with Gasteiger partial charge >= 0.3 is 6.18 Å². The molecule has 1 aromatic heterocycles. The second kappa shape index (κ2) is 5.78. The van der Waals surface area contributed by atoms with Crippen molar-refractivity contribution < 1.29 is 18.1 Å². The molecule has 0 saturated carbocycles. The minimum Gasteiger partial charge on any atom is -0.366 e. The molecular weight excluding hydrogens is 287 g/mol. The van der Waals surface area contributed by atoms with Gasteiger partial charge in [-0.05, 0) is 17.7 Å². The van der Waals surface area contributed by atoms with Gasteiger partial charge in [-0.1, -0.05) is 18.2 Å². The first-order valence-electron chi connectivity index (χ1n) is 5.88. The number of rotatable bonds is 4. The highest BCUT2D eigenvalue weighted by atomic mass is 19.4. The molecule has 0 unspecified atom stereocenters. The summed E-state index contributed by atoms with van der Waals surface area (Å²) in [4.78, 5) is 13.5. The Morgan fingerprint density at radius 2 is 1.90 bits per heavy atom. The third-order valence-corrected chi connectivity index (χ3v) is 2.63. The molecule has 1 heterocycles. The molecule has 0 fully saturated rings. The van der Waals surface area contributed by atoms with Gasteiger partial charge in [0.2, 0.25) is 0 Å². The van der Waals surface area contributed by atoms with Gasteiger partial charge < -0.3 is 5.32 Å². The molecule has 0 aliphatic heterocycles. The SMILES string of the molecule is O=[N+]([O-])c1cccc(CNc2cccc(C(F)(F)F)n2)c1. The molecule has 0 aliphatic rings. The lowest BCUT2D eigenvalue weighted by atomic mass is 10.2. The van der Waals surface area contributed by atoms with E-state index in [9.17, 15) is 23.3 Å². The number of halogens is 3. The molecule has 1 aromatic carbocycles. The van der Waals surface area contributed by atoms with E-state index in [1.807, 2.05) is 0 Å². The van der Waals surface area contributed by atoms with E-state index < -0.39 is 16.8 Å². The van der Waals surface area contributed by atoms with E-state index in [0.717, 1.165) is 6.07 Å². The minimum atomic E-state index is -4.51. The van der Waals surface area contributed by atoms with Crippen LogP contribution in [0.5, 0.6) is 0 Å². The Morgan fingerprint density at radius 1 is 1.19 bits per heavy atom. The molecule has 1 N–H and O–H groups in total. The predicted octanol–water partition coefficient (Wildman–Crippen LogP) is 3.62. The summed E-state index contributed by atoms with van der Waals surface area (Å²) >= 11 is 0. The van der Waals surface area contributed by atoms with Crippen LogP contribution in [0.2, 0.25) is 0 Å². The van der Waals surface area contributed by atoms with E-state index in [1.54, 1.807) is 6.07 Å². The Morgan fingerprint density at radius 3 is 2.57 bits per heavy atom. The summed E-state index contributed by atoms with van der Waals surface area (Å²) in [7, 11) is 0. The molecule has 0 radical (unpaired) electrons. The van der Waals surface area contributed by atoms with Crippen LogP contribution in [-0.4, -0.2) is 9.91 Å². The van der Waals surface area contributed by atoms with E-state index in [0.29, 0.717) is 5.56 Å². The fourth-order valence-electron chi connectivity index (χ4n) is 1.66. The van der Waals surface area contributed by atoms with Crippen LogP contribution >= 0.6 is 0 Å². The molecule has 110 valence electrons. The number of hydrogen-bond donors (Lipinski definition) is 1. The molecule has 0 amide bonds. The zero-order chi connectivity index (χ0) is 15.5. The van der Waals surface area contributed by atoms with Gasteiger partial charge in [0.15, 0.2) is 0 Å². The summed E-state index contributed by atoms with van der Waals surface area (Å²) in [5, 5.41) is 13.3. The molecular formula is C13H10F3N3O2. The first-order chi connectivity index (χ1) is 9.86. The Kier molecular flexibility index (Phi) is 4.06. The van der Waals surface area contributed by atoms with Crippen LogP contribution in [0.3, 0.4) is 0 Å². The number of non-ortho nitro benzene ring substituents is 1. The number of nitrogens with one attached hydrogen (secondary N) is 1. The molecule has 0 saturated heterocycles. The maximum Gasteiger partial charge on any atom is 0.433 e. The molecule has 0 aliphatic carbocycles. The van der Waals surface area contributed by atoms with Gasteiger partial charge in [-0.2, -0.15) is 13.2 Å². The maximum absolute atomic E-state index is 12.5. The van der Waals surface area contributed by atoms with E-state index in [4.69, 9.17) is 0 Å². The van der Waals surface area contributed by atoms with Gasteiger partial charge in [0.25, 0.3) is 5.69 Å². The molecule has 0 atom stereocenters. The third kappa shape index (κ3) is 3.91. The van der Waals surface area contributed by atoms with Gasteiger partial charge in [0.1, 0.15) is 11.5 Å². The van der Waals surface area contributed by atoms with Crippen molar-refractivity contribution in [3.63, 3.8) is 0 Å². The summed E-state index contributed by atoms with van der Waals surface area (Å²) in [5.74, 6) is 0.0522. The number of nitrogens with zero attached hydrogens (tertiary/aromatic N) is 2. The van der Waals surface area contributed by atoms with Crippen molar-refractivity contribution in [2.45, 2.75) is 12.7 Å². The zero-order valence-electron chi connectivity index (χ0n) is 10.6. The third-order valence-electron chi connectivity index (χ3n) is 2.63.